The summed E-state index contributed by atoms with van der Waals surface area (Å²) >= 11 is 0. The van der Waals surface area contributed by atoms with E-state index in [1.54, 1.807) is 35.2 Å². The minimum atomic E-state index is -0.264. The second-order valence-electron chi connectivity index (χ2n) is 5.20. The van der Waals surface area contributed by atoms with Crippen molar-refractivity contribution in [3.63, 3.8) is 0 Å². The lowest BCUT2D eigenvalue weighted by Crippen LogP contribution is -2.23. The first-order valence-electron chi connectivity index (χ1n) is 7.26. The van der Waals surface area contributed by atoms with Crippen LogP contribution in [0.3, 0.4) is 0 Å². The van der Waals surface area contributed by atoms with Gasteiger partial charge in [0.05, 0.1) is 18.3 Å². The third kappa shape index (κ3) is 3.29. The Morgan fingerprint density at radius 3 is 2.78 bits per heavy atom. The standard InChI is InChI=1S/C18H16FN3O/c1-2-9-20-18(23)14-5-6-15-11-21-22(17(15)10-14)12-13-3-7-16(19)8-4-13/h2-8,10-11H,1,9,12H2,(H,20,23). The Morgan fingerprint density at radius 1 is 1.26 bits per heavy atom. The normalized spacial score (nSPS) is 10.7. The minimum Gasteiger partial charge on any atom is -0.349 e. The first-order chi connectivity index (χ1) is 11.2. The summed E-state index contributed by atoms with van der Waals surface area (Å²) in [7, 11) is 0. The van der Waals surface area contributed by atoms with Crippen molar-refractivity contribution in [3.05, 3.63) is 78.3 Å². The van der Waals surface area contributed by atoms with Crippen LogP contribution in [-0.4, -0.2) is 22.2 Å². The SMILES string of the molecule is C=CCNC(=O)c1ccc2cnn(Cc3ccc(F)cc3)c2c1. The Bertz CT molecular complexity index is 852. The van der Waals surface area contributed by atoms with Crippen LogP contribution in [0.5, 0.6) is 0 Å². The van der Waals surface area contributed by atoms with Gasteiger partial charge in [-0.25, -0.2) is 4.39 Å². The van der Waals surface area contributed by atoms with Gasteiger partial charge in [0.1, 0.15) is 5.82 Å². The molecule has 0 fully saturated rings. The molecule has 0 saturated carbocycles. The number of amides is 1. The average molecular weight is 309 g/mol. The molecule has 0 bridgehead atoms. The van der Waals surface area contributed by atoms with E-state index in [0.29, 0.717) is 18.7 Å². The van der Waals surface area contributed by atoms with Crippen LogP contribution in [-0.2, 0) is 6.54 Å². The van der Waals surface area contributed by atoms with Gasteiger partial charge in [0.25, 0.3) is 5.91 Å². The van der Waals surface area contributed by atoms with Crippen LogP contribution in [0.4, 0.5) is 4.39 Å². The molecule has 4 nitrogen and oxygen atoms in total. The summed E-state index contributed by atoms with van der Waals surface area (Å²) in [6.07, 6.45) is 3.39. The van der Waals surface area contributed by atoms with Gasteiger partial charge >= 0.3 is 0 Å². The Morgan fingerprint density at radius 2 is 2.04 bits per heavy atom. The largest absolute Gasteiger partial charge is 0.349 e. The molecule has 116 valence electrons. The molecule has 2 aromatic carbocycles. The summed E-state index contributed by atoms with van der Waals surface area (Å²) in [6, 6.07) is 11.7. The number of hydrogen-bond donors (Lipinski definition) is 1. The van der Waals surface area contributed by atoms with Gasteiger partial charge in [-0.15, -0.1) is 6.58 Å². The Balaban J connectivity index is 1.90. The number of fused-ring (bicyclic) bond motifs is 1. The number of halogens is 1. The predicted molar refractivity (Wildman–Crippen MR) is 87.8 cm³/mol. The van der Waals surface area contributed by atoms with Crippen LogP contribution in [0.25, 0.3) is 10.9 Å². The number of carbonyl (C=O) groups excluding carboxylic acids is 1. The topological polar surface area (TPSA) is 46.9 Å². The molecule has 5 heteroatoms. The van der Waals surface area contributed by atoms with E-state index >= 15 is 0 Å². The molecule has 0 spiro atoms. The van der Waals surface area contributed by atoms with E-state index < -0.39 is 0 Å². The van der Waals surface area contributed by atoms with Crippen LogP contribution in [0, 0.1) is 5.82 Å². The molecule has 1 N–H and O–H groups in total. The molecular formula is C18H16FN3O. The van der Waals surface area contributed by atoms with E-state index in [9.17, 15) is 9.18 Å². The highest BCUT2D eigenvalue weighted by Crippen LogP contribution is 2.17. The summed E-state index contributed by atoms with van der Waals surface area (Å²) < 4.78 is 14.8. The molecule has 0 aliphatic carbocycles. The van der Waals surface area contributed by atoms with Gasteiger partial charge < -0.3 is 5.32 Å². The zero-order chi connectivity index (χ0) is 16.2. The highest BCUT2D eigenvalue weighted by molar-refractivity contribution is 5.97. The molecule has 0 radical (unpaired) electrons. The minimum absolute atomic E-state index is 0.152. The summed E-state index contributed by atoms with van der Waals surface area (Å²) in [5.74, 6) is -0.415. The lowest BCUT2D eigenvalue weighted by atomic mass is 10.1. The second-order valence-corrected chi connectivity index (χ2v) is 5.20. The van der Waals surface area contributed by atoms with Crippen molar-refractivity contribution in [2.24, 2.45) is 0 Å². The van der Waals surface area contributed by atoms with Gasteiger partial charge in [-0.05, 0) is 29.8 Å². The number of hydrogen-bond acceptors (Lipinski definition) is 2. The zero-order valence-electron chi connectivity index (χ0n) is 12.5. The van der Waals surface area contributed by atoms with Gasteiger partial charge in [-0.1, -0.05) is 24.3 Å². The van der Waals surface area contributed by atoms with Crippen LogP contribution >= 0.6 is 0 Å². The quantitative estimate of drug-likeness (QED) is 0.736. The first-order valence-corrected chi connectivity index (χ1v) is 7.26. The molecule has 1 amide bonds. The van der Waals surface area contributed by atoms with E-state index in [1.165, 1.54) is 12.1 Å². The van der Waals surface area contributed by atoms with Gasteiger partial charge in [0, 0.05) is 17.5 Å². The third-order valence-electron chi connectivity index (χ3n) is 3.56. The van der Waals surface area contributed by atoms with Crippen LogP contribution in [0.15, 0.2) is 61.3 Å². The second kappa shape index (κ2) is 6.44. The predicted octanol–water partition coefficient (Wildman–Crippen LogP) is 3.14. The van der Waals surface area contributed by atoms with Crippen molar-refractivity contribution in [1.29, 1.82) is 0 Å². The van der Waals surface area contributed by atoms with Crippen molar-refractivity contribution >= 4 is 16.8 Å². The van der Waals surface area contributed by atoms with Crippen LogP contribution < -0.4 is 5.32 Å². The molecule has 3 rings (SSSR count). The molecule has 1 heterocycles. The molecule has 23 heavy (non-hydrogen) atoms. The number of rotatable bonds is 5. The lowest BCUT2D eigenvalue weighted by Gasteiger charge is -2.06. The van der Waals surface area contributed by atoms with Crippen molar-refractivity contribution < 1.29 is 9.18 Å². The highest BCUT2D eigenvalue weighted by Gasteiger charge is 2.09. The molecular weight excluding hydrogens is 293 g/mol. The number of carbonyl (C=O) groups is 1. The van der Waals surface area contributed by atoms with E-state index in [2.05, 4.69) is 17.0 Å². The maximum Gasteiger partial charge on any atom is 0.251 e. The van der Waals surface area contributed by atoms with Crippen molar-refractivity contribution in [2.75, 3.05) is 6.54 Å². The Labute approximate surface area is 133 Å². The molecule has 0 unspecified atom stereocenters. The smallest absolute Gasteiger partial charge is 0.251 e. The number of aromatic nitrogens is 2. The molecule has 3 aromatic rings. The summed E-state index contributed by atoms with van der Waals surface area (Å²) in [5, 5.41) is 8.05. The van der Waals surface area contributed by atoms with Crippen LogP contribution in [0.2, 0.25) is 0 Å². The van der Waals surface area contributed by atoms with E-state index in [4.69, 9.17) is 0 Å². The van der Waals surface area contributed by atoms with Crippen molar-refractivity contribution in [3.8, 4) is 0 Å². The molecule has 0 atom stereocenters. The Kier molecular flexibility index (Phi) is 4.19. The first kappa shape index (κ1) is 15.0. The fourth-order valence-electron chi connectivity index (χ4n) is 2.37. The maximum absolute atomic E-state index is 13.0. The van der Waals surface area contributed by atoms with Crippen molar-refractivity contribution in [2.45, 2.75) is 6.54 Å². The van der Waals surface area contributed by atoms with E-state index in [1.807, 2.05) is 12.1 Å². The van der Waals surface area contributed by atoms with Gasteiger partial charge in [0.2, 0.25) is 0 Å². The number of nitrogens with one attached hydrogen (secondary N) is 1. The molecule has 1 aromatic heterocycles. The van der Waals surface area contributed by atoms with E-state index in [0.717, 1.165) is 16.5 Å². The fourth-order valence-corrected chi connectivity index (χ4v) is 2.37. The summed E-state index contributed by atoms with van der Waals surface area (Å²) in [5.41, 5.74) is 2.37. The van der Waals surface area contributed by atoms with Crippen molar-refractivity contribution in [1.82, 2.24) is 15.1 Å². The monoisotopic (exact) mass is 309 g/mol. The Hall–Kier alpha value is -2.95. The third-order valence-corrected chi connectivity index (χ3v) is 3.56. The maximum atomic E-state index is 13.0. The van der Waals surface area contributed by atoms with Gasteiger partial charge in [0.15, 0.2) is 0 Å². The van der Waals surface area contributed by atoms with Crippen LogP contribution in [0.1, 0.15) is 15.9 Å². The van der Waals surface area contributed by atoms with E-state index in [-0.39, 0.29) is 11.7 Å². The van der Waals surface area contributed by atoms with Gasteiger partial charge in [-0.3, -0.25) is 9.48 Å². The summed E-state index contributed by atoms with van der Waals surface area (Å²) in [6.45, 7) is 4.52. The molecule has 0 saturated heterocycles. The summed E-state index contributed by atoms with van der Waals surface area (Å²) in [4.78, 5) is 12.0. The highest BCUT2D eigenvalue weighted by atomic mass is 19.1. The van der Waals surface area contributed by atoms with Gasteiger partial charge in [-0.2, -0.15) is 5.10 Å². The average Bonchev–Trinajstić information content (AvgIpc) is 2.97. The number of benzene rings is 2. The molecule has 0 aliphatic rings. The fraction of sp³-hybridized carbons (Fsp3) is 0.111. The number of nitrogens with zero attached hydrogens (tertiary/aromatic N) is 2. The lowest BCUT2D eigenvalue weighted by molar-refractivity contribution is 0.0958. The zero-order valence-corrected chi connectivity index (χ0v) is 12.5. The molecule has 0 aliphatic heterocycles.